The fourth-order valence-corrected chi connectivity index (χ4v) is 5.52. The van der Waals surface area contributed by atoms with E-state index in [1.807, 2.05) is 12.1 Å². The van der Waals surface area contributed by atoms with Crippen LogP contribution in [-0.2, 0) is 32.2 Å². The van der Waals surface area contributed by atoms with Crippen molar-refractivity contribution in [2.75, 3.05) is 19.7 Å². The van der Waals surface area contributed by atoms with Gasteiger partial charge >= 0.3 is 0 Å². The Labute approximate surface area is 160 Å². The van der Waals surface area contributed by atoms with Crippen molar-refractivity contribution in [2.45, 2.75) is 49.5 Å². The second-order valence-corrected chi connectivity index (χ2v) is 10.5. The van der Waals surface area contributed by atoms with Gasteiger partial charge in [-0.2, -0.15) is 4.31 Å². The number of rotatable bonds is 2. The number of ether oxygens (including phenoxy) is 1. The summed E-state index contributed by atoms with van der Waals surface area (Å²) in [4.78, 5) is 8.88. The molecular weight excluding hydrogens is 362 g/mol. The molecule has 144 valence electrons. The molecule has 0 aliphatic carbocycles. The Kier molecular flexibility index (Phi) is 4.36. The Balaban J connectivity index is 1.62. The molecule has 3 heterocycles. The minimum absolute atomic E-state index is 0.0111. The normalized spacial score (nSPS) is 23.5. The molecule has 1 spiro atoms. The fraction of sp³-hybridized carbons (Fsp3) is 0.500. The second-order valence-electron chi connectivity index (χ2n) is 8.53. The molecular formula is C20H25N3O3S. The third kappa shape index (κ3) is 3.17. The predicted molar refractivity (Wildman–Crippen MR) is 102 cm³/mol. The average Bonchev–Trinajstić information content (AvgIpc) is 3.07. The number of hydrogen-bond acceptors (Lipinski definition) is 5. The van der Waals surface area contributed by atoms with Crippen LogP contribution in [0.15, 0.2) is 41.7 Å². The van der Waals surface area contributed by atoms with E-state index in [1.165, 1.54) is 6.33 Å². The summed E-state index contributed by atoms with van der Waals surface area (Å²) in [5, 5.41) is 0. The number of benzene rings is 1. The first-order valence-corrected chi connectivity index (χ1v) is 10.6. The van der Waals surface area contributed by atoms with Crippen molar-refractivity contribution in [1.29, 1.82) is 0 Å². The lowest BCUT2D eigenvalue weighted by Crippen LogP contribution is -2.41. The van der Waals surface area contributed by atoms with E-state index in [9.17, 15) is 8.42 Å². The first-order chi connectivity index (χ1) is 12.7. The van der Waals surface area contributed by atoms with Crippen molar-refractivity contribution in [3.8, 4) is 0 Å². The van der Waals surface area contributed by atoms with E-state index in [0.717, 1.165) is 16.8 Å². The second kappa shape index (κ2) is 6.36. The molecule has 1 saturated heterocycles. The van der Waals surface area contributed by atoms with Crippen molar-refractivity contribution in [3.05, 3.63) is 53.6 Å². The van der Waals surface area contributed by atoms with Crippen LogP contribution in [-0.4, -0.2) is 42.4 Å². The first kappa shape index (κ1) is 18.5. The largest absolute Gasteiger partial charge is 0.376 e. The molecule has 0 bridgehead atoms. The number of sulfonamides is 1. The van der Waals surface area contributed by atoms with Crippen LogP contribution in [0.5, 0.6) is 0 Å². The molecule has 6 nitrogen and oxygen atoms in total. The summed E-state index contributed by atoms with van der Waals surface area (Å²) in [5.41, 5.74) is 2.62. The Morgan fingerprint density at radius 2 is 1.93 bits per heavy atom. The lowest BCUT2D eigenvalue weighted by molar-refractivity contribution is 0.0530. The van der Waals surface area contributed by atoms with Crippen LogP contribution < -0.4 is 0 Å². The highest BCUT2D eigenvalue weighted by Crippen LogP contribution is 2.40. The maximum atomic E-state index is 13.2. The summed E-state index contributed by atoms with van der Waals surface area (Å²) in [7, 11) is -3.54. The summed E-state index contributed by atoms with van der Waals surface area (Å²) in [6.45, 7) is 8.18. The first-order valence-electron chi connectivity index (χ1n) is 9.20. The van der Waals surface area contributed by atoms with E-state index in [-0.39, 0.29) is 10.8 Å². The van der Waals surface area contributed by atoms with Gasteiger partial charge in [-0.15, -0.1) is 0 Å². The fourth-order valence-electron chi connectivity index (χ4n) is 3.99. The molecule has 0 radical (unpaired) electrons. The number of nitrogens with zero attached hydrogens (tertiary/aromatic N) is 3. The molecule has 1 aromatic heterocycles. The van der Waals surface area contributed by atoms with Gasteiger partial charge in [0.05, 0.1) is 29.2 Å². The minimum atomic E-state index is -3.54. The quantitative estimate of drug-likeness (QED) is 0.792. The highest BCUT2D eigenvalue weighted by atomic mass is 32.2. The van der Waals surface area contributed by atoms with Crippen LogP contribution in [0.3, 0.4) is 0 Å². The Morgan fingerprint density at radius 3 is 2.63 bits per heavy atom. The molecule has 0 saturated carbocycles. The summed E-state index contributed by atoms with van der Waals surface area (Å²) in [6, 6.07) is 7.25. The third-order valence-electron chi connectivity index (χ3n) is 5.60. The monoisotopic (exact) mass is 387 g/mol. The molecule has 4 rings (SSSR count). The highest BCUT2D eigenvalue weighted by molar-refractivity contribution is 7.89. The smallest absolute Gasteiger partial charge is 0.243 e. The molecule has 1 fully saturated rings. The van der Waals surface area contributed by atoms with Gasteiger partial charge in [-0.05, 0) is 29.5 Å². The maximum Gasteiger partial charge on any atom is 0.243 e. The summed E-state index contributed by atoms with van der Waals surface area (Å²) in [5.74, 6) is 0. The molecule has 0 unspecified atom stereocenters. The van der Waals surface area contributed by atoms with Crippen LogP contribution in [0.1, 0.15) is 44.0 Å². The standard InChI is InChI=1S/C20H25N3O3S/c1-19(2,3)16-4-6-17(7-5-16)27(24,25)23-9-8-20(12-23)13-26-11-15-10-21-14-22-18(15)20/h4-7,10,14H,8-9,11-13H2,1-3H3/t20-/m0/s1. The molecule has 1 atom stereocenters. The van der Waals surface area contributed by atoms with Gasteiger partial charge in [0, 0.05) is 24.8 Å². The van der Waals surface area contributed by atoms with Crippen molar-refractivity contribution in [3.63, 3.8) is 0 Å². The SMILES string of the molecule is CC(C)(C)c1ccc(S(=O)(=O)N2CC[C@@]3(COCc4cncnc43)C2)cc1. The van der Waals surface area contributed by atoms with E-state index in [4.69, 9.17) is 4.74 Å². The van der Waals surface area contributed by atoms with E-state index >= 15 is 0 Å². The molecule has 2 aromatic rings. The molecule has 2 aliphatic heterocycles. The Hall–Kier alpha value is -1.83. The topological polar surface area (TPSA) is 72.4 Å². The van der Waals surface area contributed by atoms with E-state index in [0.29, 0.717) is 37.6 Å². The number of aromatic nitrogens is 2. The summed E-state index contributed by atoms with van der Waals surface area (Å²) >= 11 is 0. The number of hydrogen-bond donors (Lipinski definition) is 0. The average molecular weight is 388 g/mol. The van der Waals surface area contributed by atoms with Gasteiger partial charge in [0.2, 0.25) is 10.0 Å². The van der Waals surface area contributed by atoms with Crippen molar-refractivity contribution >= 4 is 10.0 Å². The Morgan fingerprint density at radius 1 is 1.19 bits per heavy atom. The van der Waals surface area contributed by atoms with E-state index in [2.05, 4.69) is 30.7 Å². The third-order valence-corrected chi connectivity index (χ3v) is 7.46. The van der Waals surface area contributed by atoms with Crippen molar-refractivity contribution in [1.82, 2.24) is 14.3 Å². The summed E-state index contributed by atoms with van der Waals surface area (Å²) < 4.78 is 33.7. The van der Waals surface area contributed by atoms with E-state index in [1.54, 1.807) is 22.6 Å². The van der Waals surface area contributed by atoms with Crippen LogP contribution >= 0.6 is 0 Å². The van der Waals surface area contributed by atoms with Gasteiger partial charge in [0.1, 0.15) is 6.33 Å². The summed E-state index contributed by atoms with van der Waals surface area (Å²) in [6.07, 6.45) is 4.01. The highest BCUT2D eigenvalue weighted by Gasteiger charge is 2.48. The Bertz CT molecular complexity index is 951. The van der Waals surface area contributed by atoms with Gasteiger partial charge in [0.25, 0.3) is 0 Å². The molecule has 7 heteroatoms. The zero-order valence-corrected chi connectivity index (χ0v) is 16.8. The molecule has 2 aliphatic rings. The van der Waals surface area contributed by atoms with E-state index < -0.39 is 10.0 Å². The van der Waals surface area contributed by atoms with Crippen LogP contribution in [0.4, 0.5) is 0 Å². The lowest BCUT2D eigenvalue weighted by Gasteiger charge is -2.33. The van der Waals surface area contributed by atoms with Crippen molar-refractivity contribution in [2.24, 2.45) is 0 Å². The minimum Gasteiger partial charge on any atom is -0.376 e. The molecule has 1 aromatic carbocycles. The van der Waals surface area contributed by atoms with Crippen LogP contribution in [0, 0.1) is 0 Å². The number of fused-ring (bicyclic) bond motifs is 2. The lowest BCUT2D eigenvalue weighted by atomic mass is 9.81. The van der Waals surface area contributed by atoms with Gasteiger partial charge < -0.3 is 4.74 Å². The predicted octanol–water partition coefficient (Wildman–Crippen LogP) is 2.64. The zero-order valence-electron chi connectivity index (χ0n) is 16.0. The van der Waals surface area contributed by atoms with Gasteiger partial charge in [0.15, 0.2) is 0 Å². The van der Waals surface area contributed by atoms with Crippen molar-refractivity contribution < 1.29 is 13.2 Å². The van der Waals surface area contributed by atoms with Crippen LogP contribution in [0.25, 0.3) is 0 Å². The van der Waals surface area contributed by atoms with Gasteiger partial charge in [-0.1, -0.05) is 32.9 Å². The zero-order chi connectivity index (χ0) is 19.3. The van der Waals surface area contributed by atoms with Gasteiger partial charge in [-0.3, -0.25) is 0 Å². The maximum absolute atomic E-state index is 13.2. The molecule has 0 amide bonds. The van der Waals surface area contributed by atoms with Gasteiger partial charge in [-0.25, -0.2) is 18.4 Å². The molecule has 27 heavy (non-hydrogen) atoms. The van der Waals surface area contributed by atoms with Crippen LogP contribution in [0.2, 0.25) is 0 Å². The molecule has 0 N–H and O–H groups in total.